The molecule has 1 unspecified atom stereocenters. The number of hydrogen-bond donors (Lipinski definition) is 0. The summed E-state index contributed by atoms with van der Waals surface area (Å²) in [6.07, 6.45) is 6.67. The summed E-state index contributed by atoms with van der Waals surface area (Å²) < 4.78 is 0. The van der Waals surface area contributed by atoms with Gasteiger partial charge in [-0.15, -0.1) is 0 Å². The molecule has 2 heteroatoms. The summed E-state index contributed by atoms with van der Waals surface area (Å²) in [4.78, 5) is 9.02. The lowest BCUT2D eigenvalue weighted by molar-refractivity contribution is 0.731. The lowest BCUT2D eigenvalue weighted by Gasteiger charge is -2.07. The van der Waals surface area contributed by atoms with Gasteiger partial charge in [-0.2, -0.15) is 0 Å². The Morgan fingerprint density at radius 2 is 2.29 bits per heavy atom. The largest absolute Gasteiger partial charge is 0.294 e. The number of aromatic nitrogens is 1. The van der Waals surface area contributed by atoms with Gasteiger partial charge in [0.25, 0.3) is 0 Å². The molecule has 1 aliphatic carbocycles. The number of fused-ring (bicyclic) bond motifs is 1. The maximum atomic E-state index is 4.59. The standard InChI is InChI=1S/C12H14N2/c1-3-9-7-10(8-12(9)14-5-1)11-4-2-6-13-11/h1,3,5,10H,2,4,6-8H2. The van der Waals surface area contributed by atoms with E-state index in [1.165, 1.54) is 36.2 Å². The molecule has 72 valence electrons. The van der Waals surface area contributed by atoms with Crippen molar-refractivity contribution in [3.8, 4) is 0 Å². The number of nitrogens with zero attached hydrogens (tertiary/aromatic N) is 2. The van der Waals surface area contributed by atoms with Crippen LogP contribution in [0, 0.1) is 5.92 Å². The van der Waals surface area contributed by atoms with Crippen molar-refractivity contribution in [2.24, 2.45) is 10.9 Å². The fourth-order valence-electron chi connectivity index (χ4n) is 2.54. The first-order chi connectivity index (χ1) is 6.93. The maximum absolute atomic E-state index is 4.59. The molecule has 0 fully saturated rings. The third kappa shape index (κ3) is 1.26. The van der Waals surface area contributed by atoms with E-state index in [4.69, 9.17) is 0 Å². The Balaban J connectivity index is 1.84. The predicted molar refractivity (Wildman–Crippen MR) is 56.7 cm³/mol. The Kier molecular flexibility index (Phi) is 1.86. The van der Waals surface area contributed by atoms with Crippen LogP contribution < -0.4 is 0 Å². The van der Waals surface area contributed by atoms with E-state index < -0.39 is 0 Å². The lowest BCUT2D eigenvalue weighted by atomic mass is 9.98. The molecular weight excluding hydrogens is 172 g/mol. The van der Waals surface area contributed by atoms with E-state index in [1.807, 2.05) is 12.3 Å². The molecule has 0 N–H and O–H groups in total. The number of aliphatic imine (C=N–C) groups is 1. The van der Waals surface area contributed by atoms with Crippen molar-refractivity contribution < 1.29 is 0 Å². The highest BCUT2D eigenvalue weighted by atomic mass is 14.8. The zero-order valence-electron chi connectivity index (χ0n) is 8.24. The van der Waals surface area contributed by atoms with Crippen molar-refractivity contribution in [2.45, 2.75) is 25.7 Å². The normalized spacial score (nSPS) is 24.9. The van der Waals surface area contributed by atoms with Crippen molar-refractivity contribution in [2.75, 3.05) is 6.54 Å². The Morgan fingerprint density at radius 3 is 3.07 bits per heavy atom. The van der Waals surface area contributed by atoms with E-state index >= 15 is 0 Å². The molecule has 2 aliphatic rings. The second-order valence-electron chi connectivity index (χ2n) is 4.19. The Bertz CT molecular complexity index is 357. The minimum Gasteiger partial charge on any atom is -0.294 e. The van der Waals surface area contributed by atoms with E-state index in [1.54, 1.807) is 0 Å². The molecule has 2 heterocycles. The number of hydrogen-bond acceptors (Lipinski definition) is 2. The molecule has 0 aromatic carbocycles. The number of pyridine rings is 1. The van der Waals surface area contributed by atoms with Gasteiger partial charge in [0.2, 0.25) is 0 Å². The molecule has 0 bridgehead atoms. The van der Waals surface area contributed by atoms with E-state index in [0.717, 1.165) is 13.0 Å². The average molecular weight is 186 g/mol. The summed E-state index contributed by atoms with van der Waals surface area (Å²) in [5.41, 5.74) is 4.18. The maximum Gasteiger partial charge on any atom is 0.0442 e. The molecule has 1 aromatic heterocycles. The summed E-state index contributed by atoms with van der Waals surface area (Å²) in [5, 5.41) is 0. The van der Waals surface area contributed by atoms with Gasteiger partial charge in [-0.3, -0.25) is 9.98 Å². The molecule has 1 aromatic rings. The third-order valence-electron chi connectivity index (χ3n) is 3.27. The Hall–Kier alpha value is -1.18. The molecule has 1 atom stereocenters. The molecule has 0 saturated heterocycles. The molecule has 0 saturated carbocycles. The van der Waals surface area contributed by atoms with E-state index in [9.17, 15) is 0 Å². The van der Waals surface area contributed by atoms with Gasteiger partial charge in [0.05, 0.1) is 0 Å². The van der Waals surface area contributed by atoms with Gasteiger partial charge in [-0.05, 0) is 37.3 Å². The monoisotopic (exact) mass is 186 g/mol. The fraction of sp³-hybridized carbons (Fsp3) is 0.500. The van der Waals surface area contributed by atoms with Crippen LogP contribution in [0.15, 0.2) is 23.3 Å². The van der Waals surface area contributed by atoms with E-state index in [0.29, 0.717) is 5.92 Å². The second kappa shape index (κ2) is 3.19. The van der Waals surface area contributed by atoms with Gasteiger partial charge in [0, 0.05) is 30.1 Å². The van der Waals surface area contributed by atoms with Crippen LogP contribution in [-0.4, -0.2) is 17.2 Å². The van der Waals surface area contributed by atoms with Crippen LogP contribution in [-0.2, 0) is 12.8 Å². The molecular formula is C12H14N2. The van der Waals surface area contributed by atoms with Gasteiger partial charge >= 0.3 is 0 Å². The van der Waals surface area contributed by atoms with Gasteiger partial charge < -0.3 is 0 Å². The van der Waals surface area contributed by atoms with Crippen molar-refractivity contribution in [3.05, 3.63) is 29.6 Å². The van der Waals surface area contributed by atoms with Crippen LogP contribution >= 0.6 is 0 Å². The van der Waals surface area contributed by atoms with Gasteiger partial charge in [0.1, 0.15) is 0 Å². The van der Waals surface area contributed by atoms with Gasteiger partial charge in [-0.25, -0.2) is 0 Å². The Labute approximate surface area is 84.1 Å². The van der Waals surface area contributed by atoms with Crippen LogP contribution in [0.2, 0.25) is 0 Å². The van der Waals surface area contributed by atoms with Gasteiger partial charge in [0.15, 0.2) is 0 Å². The molecule has 0 radical (unpaired) electrons. The van der Waals surface area contributed by atoms with Crippen LogP contribution in [0.1, 0.15) is 24.1 Å². The van der Waals surface area contributed by atoms with Crippen LogP contribution in [0.4, 0.5) is 0 Å². The first kappa shape index (κ1) is 8.16. The highest BCUT2D eigenvalue weighted by Gasteiger charge is 2.27. The van der Waals surface area contributed by atoms with Crippen LogP contribution in [0.5, 0.6) is 0 Å². The Morgan fingerprint density at radius 1 is 1.29 bits per heavy atom. The van der Waals surface area contributed by atoms with Crippen molar-refractivity contribution in [3.63, 3.8) is 0 Å². The molecule has 1 aliphatic heterocycles. The van der Waals surface area contributed by atoms with E-state index in [2.05, 4.69) is 16.0 Å². The van der Waals surface area contributed by atoms with Crippen molar-refractivity contribution in [1.82, 2.24) is 4.98 Å². The fourth-order valence-corrected chi connectivity index (χ4v) is 2.54. The lowest BCUT2D eigenvalue weighted by Crippen LogP contribution is -2.12. The van der Waals surface area contributed by atoms with Crippen molar-refractivity contribution >= 4 is 5.71 Å². The first-order valence-electron chi connectivity index (χ1n) is 5.39. The molecule has 3 rings (SSSR count). The minimum atomic E-state index is 0.669. The summed E-state index contributed by atoms with van der Waals surface area (Å²) >= 11 is 0. The van der Waals surface area contributed by atoms with Crippen LogP contribution in [0.25, 0.3) is 0 Å². The summed E-state index contributed by atoms with van der Waals surface area (Å²) in [6.45, 7) is 1.05. The van der Waals surface area contributed by atoms with E-state index in [-0.39, 0.29) is 0 Å². The zero-order valence-corrected chi connectivity index (χ0v) is 8.24. The summed E-state index contributed by atoms with van der Waals surface area (Å²) in [6, 6.07) is 4.25. The smallest absolute Gasteiger partial charge is 0.0442 e. The zero-order chi connectivity index (χ0) is 9.38. The molecule has 0 amide bonds. The average Bonchev–Trinajstić information content (AvgIpc) is 2.86. The number of rotatable bonds is 1. The second-order valence-corrected chi connectivity index (χ2v) is 4.19. The molecule has 2 nitrogen and oxygen atoms in total. The highest BCUT2D eigenvalue weighted by molar-refractivity contribution is 5.89. The molecule has 14 heavy (non-hydrogen) atoms. The molecule has 0 spiro atoms. The first-order valence-corrected chi connectivity index (χ1v) is 5.39. The van der Waals surface area contributed by atoms with Gasteiger partial charge in [-0.1, -0.05) is 6.07 Å². The van der Waals surface area contributed by atoms with Crippen molar-refractivity contribution in [1.29, 1.82) is 0 Å². The third-order valence-corrected chi connectivity index (χ3v) is 3.27. The quantitative estimate of drug-likeness (QED) is 0.658. The minimum absolute atomic E-state index is 0.669. The summed E-state index contributed by atoms with van der Waals surface area (Å²) in [5.74, 6) is 0.669. The van der Waals surface area contributed by atoms with Crippen LogP contribution in [0.3, 0.4) is 0 Å². The predicted octanol–water partition coefficient (Wildman–Crippen LogP) is 2.03. The SMILES string of the molecule is c1cnc2c(c1)CC(C1=NCCC1)C2. The topological polar surface area (TPSA) is 25.2 Å². The summed E-state index contributed by atoms with van der Waals surface area (Å²) in [7, 11) is 0. The highest BCUT2D eigenvalue weighted by Crippen LogP contribution is 2.28.